The maximum absolute atomic E-state index is 6.69. The fraction of sp³-hybridized carbons (Fsp3) is 0.667. The molecule has 0 amide bonds. The van der Waals surface area contributed by atoms with Crippen molar-refractivity contribution < 1.29 is 0 Å². The molecule has 0 unspecified atom stereocenters. The maximum Gasteiger partial charge on any atom is -0.00260 e. The summed E-state index contributed by atoms with van der Waals surface area (Å²) in [5, 5.41) is 6.69. The second-order valence-electron chi connectivity index (χ2n) is 2.16. The molecule has 1 N–H and O–H groups in total. The zero-order valence-corrected chi connectivity index (χ0v) is 4.65. The quantitative estimate of drug-likeness (QED) is 0.440. The predicted molar refractivity (Wildman–Crippen MR) is 29.6 cm³/mol. The number of nitrogens with one attached hydrogen (secondary N) is 1. The molecule has 0 bridgehead atoms. The predicted octanol–water partition coefficient (Wildman–Crippen LogP) is 1.45. The third-order valence-corrected chi connectivity index (χ3v) is 1.77. The van der Waals surface area contributed by atoms with Gasteiger partial charge in [-0.3, -0.25) is 5.41 Å². The Labute approximate surface area is 43.6 Å². The van der Waals surface area contributed by atoms with Crippen molar-refractivity contribution in [1.82, 2.24) is 0 Å². The molecule has 7 heavy (non-hydrogen) atoms. The third-order valence-electron chi connectivity index (χ3n) is 1.77. The van der Waals surface area contributed by atoms with Gasteiger partial charge in [0.1, 0.15) is 0 Å². The van der Waals surface area contributed by atoms with Crippen molar-refractivity contribution in [3.05, 3.63) is 5.57 Å². The van der Waals surface area contributed by atoms with Crippen LogP contribution in [-0.4, -0.2) is 5.87 Å². The zero-order chi connectivity index (χ0) is 5.44. The lowest BCUT2D eigenvalue weighted by atomic mass is 10.4. The lowest BCUT2D eigenvalue weighted by molar-refractivity contribution is 0.834. The van der Waals surface area contributed by atoms with Gasteiger partial charge in [-0.25, -0.2) is 0 Å². The number of rotatable bonds is 0. The van der Waals surface area contributed by atoms with Crippen LogP contribution in [0.25, 0.3) is 0 Å². The lowest BCUT2D eigenvalue weighted by Gasteiger charge is -1.64. The average Bonchev–Trinajstić information content (AvgIpc) is 2.17. The average molecular weight is 95.1 g/mol. The Morgan fingerprint density at radius 2 is 1.86 bits per heavy atom. The second-order valence-corrected chi connectivity index (χ2v) is 2.16. The minimum atomic E-state index is 0.650. The van der Waals surface area contributed by atoms with Crippen LogP contribution in [0.4, 0.5) is 0 Å². The molecule has 1 fully saturated rings. The Bertz CT molecular complexity index is 121. The van der Waals surface area contributed by atoms with Crippen molar-refractivity contribution >= 4 is 5.87 Å². The molecule has 0 radical (unpaired) electrons. The smallest absolute Gasteiger partial charge is 0.00260 e. The number of allylic oxidation sites excluding steroid dienone is 1. The van der Waals surface area contributed by atoms with Crippen LogP contribution in [0.15, 0.2) is 5.57 Å². The van der Waals surface area contributed by atoms with Crippen molar-refractivity contribution in [3.8, 4) is 0 Å². The van der Waals surface area contributed by atoms with Crippen LogP contribution >= 0.6 is 0 Å². The van der Waals surface area contributed by atoms with Crippen LogP contribution in [0.1, 0.15) is 13.8 Å². The summed E-state index contributed by atoms with van der Waals surface area (Å²) in [5.74, 6) is 3.71. The first-order valence-electron chi connectivity index (χ1n) is 2.57. The molecule has 0 spiro atoms. The van der Waals surface area contributed by atoms with Gasteiger partial charge in [-0.2, -0.15) is 0 Å². The largest absolute Gasteiger partial charge is 0.259 e. The summed E-state index contributed by atoms with van der Waals surface area (Å²) in [4.78, 5) is 0. The Morgan fingerprint density at radius 1 is 1.43 bits per heavy atom. The molecule has 1 heteroatoms. The van der Waals surface area contributed by atoms with E-state index < -0.39 is 0 Å². The van der Waals surface area contributed by atoms with E-state index in [1.54, 1.807) is 0 Å². The molecule has 0 heterocycles. The Morgan fingerprint density at radius 3 is 1.86 bits per heavy atom. The van der Waals surface area contributed by atoms with E-state index >= 15 is 0 Å². The highest BCUT2D eigenvalue weighted by Gasteiger charge is 2.35. The summed E-state index contributed by atoms with van der Waals surface area (Å²) in [6.07, 6.45) is 0. The summed E-state index contributed by atoms with van der Waals surface area (Å²) in [6, 6.07) is 0. The summed E-state index contributed by atoms with van der Waals surface area (Å²) < 4.78 is 0. The molecule has 2 atom stereocenters. The van der Waals surface area contributed by atoms with E-state index in [0.29, 0.717) is 11.8 Å². The minimum absolute atomic E-state index is 0.650. The SMILES string of the molecule is C[C@@H]1C(=C=N)[C@@H]1C. The van der Waals surface area contributed by atoms with Crippen molar-refractivity contribution in [2.75, 3.05) is 0 Å². The van der Waals surface area contributed by atoms with Gasteiger partial charge in [-0.1, -0.05) is 13.8 Å². The molecule has 0 aromatic heterocycles. The van der Waals surface area contributed by atoms with Crippen molar-refractivity contribution in [2.24, 2.45) is 11.8 Å². The van der Waals surface area contributed by atoms with Gasteiger partial charge in [0.15, 0.2) is 0 Å². The highest BCUT2D eigenvalue weighted by molar-refractivity contribution is 5.62. The zero-order valence-electron chi connectivity index (χ0n) is 4.65. The van der Waals surface area contributed by atoms with E-state index in [0.717, 1.165) is 0 Å². The Hall–Kier alpha value is -0.550. The summed E-state index contributed by atoms with van der Waals surface area (Å²) >= 11 is 0. The van der Waals surface area contributed by atoms with Gasteiger partial charge in [-0.15, -0.1) is 0 Å². The van der Waals surface area contributed by atoms with Gasteiger partial charge >= 0.3 is 0 Å². The molecule has 0 aromatic carbocycles. The van der Waals surface area contributed by atoms with Gasteiger partial charge in [-0.05, 0) is 23.3 Å². The van der Waals surface area contributed by atoms with E-state index in [2.05, 4.69) is 19.7 Å². The van der Waals surface area contributed by atoms with Crippen molar-refractivity contribution in [1.29, 1.82) is 5.41 Å². The van der Waals surface area contributed by atoms with Crippen LogP contribution in [0, 0.1) is 17.2 Å². The van der Waals surface area contributed by atoms with Gasteiger partial charge in [0.05, 0.1) is 0 Å². The highest BCUT2D eigenvalue weighted by atomic mass is 14.4. The molecular weight excluding hydrogens is 86.1 g/mol. The maximum atomic E-state index is 6.69. The van der Waals surface area contributed by atoms with Gasteiger partial charge < -0.3 is 0 Å². The first-order valence-corrected chi connectivity index (χ1v) is 2.57. The first-order chi connectivity index (χ1) is 3.27. The third kappa shape index (κ3) is 0.495. The minimum Gasteiger partial charge on any atom is -0.259 e. The van der Waals surface area contributed by atoms with Crippen molar-refractivity contribution in [3.63, 3.8) is 0 Å². The van der Waals surface area contributed by atoms with E-state index in [-0.39, 0.29) is 0 Å². The number of hydrogen-bond donors (Lipinski definition) is 1. The Kier molecular flexibility index (Phi) is 0.795. The van der Waals surface area contributed by atoms with Crippen LogP contribution < -0.4 is 0 Å². The molecule has 1 saturated carbocycles. The second kappa shape index (κ2) is 1.21. The van der Waals surface area contributed by atoms with E-state index in [4.69, 9.17) is 5.41 Å². The van der Waals surface area contributed by atoms with E-state index in [9.17, 15) is 0 Å². The molecule has 0 aliphatic heterocycles. The lowest BCUT2D eigenvalue weighted by Crippen LogP contribution is -1.58. The Balaban J connectivity index is 2.71. The fourth-order valence-electron chi connectivity index (χ4n) is 0.795. The van der Waals surface area contributed by atoms with Gasteiger partial charge in [0.25, 0.3) is 0 Å². The van der Waals surface area contributed by atoms with E-state index in [1.165, 1.54) is 5.57 Å². The van der Waals surface area contributed by atoms with Crippen LogP contribution in [0.2, 0.25) is 0 Å². The molecule has 38 valence electrons. The topological polar surface area (TPSA) is 23.9 Å². The first kappa shape index (κ1) is 4.61. The molecule has 0 aromatic rings. The van der Waals surface area contributed by atoms with Gasteiger partial charge in [0, 0.05) is 0 Å². The molecular formula is C6H9N. The normalized spacial score (nSPS) is 37.7. The van der Waals surface area contributed by atoms with Crippen LogP contribution in [0.3, 0.4) is 0 Å². The number of hydrogen-bond acceptors (Lipinski definition) is 1. The molecule has 1 rings (SSSR count). The molecule has 1 nitrogen and oxygen atoms in total. The summed E-state index contributed by atoms with van der Waals surface area (Å²) in [5.41, 5.74) is 1.18. The highest BCUT2D eigenvalue weighted by Crippen LogP contribution is 2.42. The van der Waals surface area contributed by atoms with E-state index in [1.807, 2.05) is 0 Å². The van der Waals surface area contributed by atoms with Gasteiger partial charge in [0.2, 0.25) is 0 Å². The summed E-state index contributed by atoms with van der Waals surface area (Å²) in [6.45, 7) is 4.25. The van der Waals surface area contributed by atoms with Crippen LogP contribution in [0.5, 0.6) is 0 Å². The molecule has 1 aliphatic carbocycles. The van der Waals surface area contributed by atoms with Crippen molar-refractivity contribution in [2.45, 2.75) is 13.8 Å². The summed E-state index contributed by atoms with van der Waals surface area (Å²) in [7, 11) is 0. The van der Waals surface area contributed by atoms with Crippen LogP contribution in [-0.2, 0) is 0 Å². The monoisotopic (exact) mass is 95.1 g/mol. The standard InChI is InChI=1S/C6H9N/c1-4-5(2)6(4)3-7/h4-5,7H,1-2H3/t4-,5+. The fourth-order valence-corrected chi connectivity index (χ4v) is 0.795. The molecule has 0 saturated heterocycles. The molecule has 1 aliphatic rings.